The zero-order valence-corrected chi connectivity index (χ0v) is 12.4. The summed E-state index contributed by atoms with van der Waals surface area (Å²) < 4.78 is 0. The molecule has 1 saturated heterocycles. The molecule has 7 heteroatoms. The van der Waals surface area contributed by atoms with Crippen molar-refractivity contribution in [2.45, 2.75) is 38.8 Å². The van der Waals surface area contributed by atoms with E-state index in [2.05, 4.69) is 10.2 Å². The Morgan fingerprint density at radius 3 is 2.20 bits per heavy atom. The summed E-state index contributed by atoms with van der Waals surface area (Å²) >= 11 is 0. The van der Waals surface area contributed by atoms with Crippen LogP contribution in [-0.2, 0) is 4.79 Å². The topological polar surface area (TPSA) is 93.1 Å². The highest BCUT2D eigenvalue weighted by Gasteiger charge is 2.27. The summed E-state index contributed by atoms with van der Waals surface area (Å²) in [6.45, 7) is 8.24. The second-order valence-electron chi connectivity index (χ2n) is 5.82. The molecule has 0 saturated carbocycles. The highest BCUT2D eigenvalue weighted by molar-refractivity contribution is 5.82. The van der Waals surface area contributed by atoms with Gasteiger partial charge in [-0.1, -0.05) is 6.92 Å². The lowest BCUT2D eigenvalue weighted by atomic mass is 10.1. The maximum Gasteiger partial charge on any atom is 0.326 e. The Morgan fingerprint density at radius 1 is 1.25 bits per heavy atom. The third kappa shape index (κ3) is 5.34. The van der Waals surface area contributed by atoms with Crippen LogP contribution in [0.2, 0.25) is 0 Å². The van der Waals surface area contributed by atoms with Gasteiger partial charge < -0.3 is 20.4 Å². The number of aliphatic hydroxyl groups is 1. The number of urea groups is 1. The van der Waals surface area contributed by atoms with E-state index in [1.165, 1.54) is 0 Å². The van der Waals surface area contributed by atoms with Crippen molar-refractivity contribution in [1.29, 1.82) is 0 Å². The molecule has 0 spiro atoms. The normalized spacial score (nSPS) is 18.7. The molecule has 116 valence electrons. The first kappa shape index (κ1) is 16.7. The number of carbonyl (C=O) groups is 2. The molecule has 1 aliphatic rings. The van der Waals surface area contributed by atoms with Gasteiger partial charge in [-0.2, -0.15) is 0 Å². The van der Waals surface area contributed by atoms with Crippen molar-refractivity contribution in [1.82, 2.24) is 15.1 Å². The molecule has 1 atom stereocenters. The quantitative estimate of drug-likeness (QED) is 0.659. The molecule has 2 amide bonds. The number of carboxylic acids is 1. The van der Waals surface area contributed by atoms with Crippen LogP contribution in [0, 0.1) is 0 Å². The molecule has 0 bridgehead atoms. The lowest BCUT2D eigenvalue weighted by Crippen LogP contribution is -2.56. The van der Waals surface area contributed by atoms with Gasteiger partial charge in [0.1, 0.15) is 6.04 Å². The fourth-order valence-corrected chi connectivity index (χ4v) is 2.24. The van der Waals surface area contributed by atoms with Crippen LogP contribution in [0.5, 0.6) is 0 Å². The molecule has 0 aromatic heterocycles. The van der Waals surface area contributed by atoms with Crippen LogP contribution in [0.3, 0.4) is 0 Å². The molecule has 0 aliphatic carbocycles. The largest absolute Gasteiger partial charge is 0.480 e. The van der Waals surface area contributed by atoms with Gasteiger partial charge in [-0.15, -0.1) is 0 Å². The smallest absolute Gasteiger partial charge is 0.326 e. The van der Waals surface area contributed by atoms with Crippen LogP contribution < -0.4 is 5.32 Å². The minimum Gasteiger partial charge on any atom is -0.480 e. The number of carbonyl (C=O) groups excluding carboxylic acids is 1. The number of nitrogens with one attached hydrogen (secondary N) is 1. The van der Waals surface area contributed by atoms with Gasteiger partial charge in [-0.25, -0.2) is 9.59 Å². The van der Waals surface area contributed by atoms with E-state index in [9.17, 15) is 14.7 Å². The first-order valence-corrected chi connectivity index (χ1v) is 6.96. The molecule has 1 aliphatic heterocycles. The van der Waals surface area contributed by atoms with Crippen LogP contribution in [0.15, 0.2) is 0 Å². The van der Waals surface area contributed by atoms with Crippen LogP contribution in [-0.4, -0.2) is 76.4 Å². The minimum atomic E-state index is -1.01. The average Bonchev–Trinajstić information content (AvgIpc) is 2.34. The Kier molecular flexibility index (Phi) is 5.76. The summed E-state index contributed by atoms with van der Waals surface area (Å²) in [7, 11) is 0. The van der Waals surface area contributed by atoms with E-state index in [0.717, 1.165) is 0 Å². The van der Waals surface area contributed by atoms with Gasteiger partial charge in [0, 0.05) is 32.7 Å². The fourth-order valence-electron chi connectivity index (χ4n) is 2.24. The van der Waals surface area contributed by atoms with E-state index in [4.69, 9.17) is 5.11 Å². The van der Waals surface area contributed by atoms with Crippen molar-refractivity contribution in [3.8, 4) is 0 Å². The summed E-state index contributed by atoms with van der Waals surface area (Å²) in [5.74, 6) is -1.01. The van der Waals surface area contributed by atoms with Crippen LogP contribution in [0.25, 0.3) is 0 Å². The second-order valence-corrected chi connectivity index (χ2v) is 5.82. The number of rotatable bonds is 5. The number of hydrogen-bond acceptors (Lipinski definition) is 4. The third-order valence-electron chi connectivity index (χ3n) is 3.27. The summed E-state index contributed by atoms with van der Waals surface area (Å²) in [6.07, 6.45) is 0.361. The SMILES string of the molecule is CCC(NC(=O)N1CCN(CC(C)(C)O)CC1)C(=O)O. The van der Waals surface area contributed by atoms with Crippen molar-refractivity contribution in [3.05, 3.63) is 0 Å². The van der Waals surface area contributed by atoms with E-state index in [-0.39, 0.29) is 6.03 Å². The molecule has 1 rings (SSSR count). The first-order valence-electron chi connectivity index (χ1n) is 6.96. The standard InChI is InChI=1S/C13H25N3O4/c1-4-10(11(17)18)14-12(19)16-7-5-15(6-8-16)9-13(2,3)20/h10,20H,4-9H2,1-3H3,(H,14,19)(H,17,18). The predicted octanol–water partition coefficient (Wildman–Crippen LogP) is -0.0523. The lowest BCUT2D eigenvalue weighted by Gasteiger charge is -2.37. The molecule has 0 aromatic carbocycles. The predicted molar refractivity (Wildman–Crippen MR) is 74.6 cm³/mol. The van der Waals surface area contributed by atoms with E-state index >= 15 is 0 Å². The molecule has 0 aromatic rings. The third-order valence-corrected chi connectivity index (χ3v) is 3.27. The van der Waals surface area contributed by atoms with Crippen LogP contribution >= 0.6 is 0 Å². The van der Waals surface area contributed by atoms with E-state index in [1.807, 2.05) is 0 Å². The lowest BCUT2D eigenvalue weighted by molar-refractivity contribution is -0.139. The van der Waals surface area contributed by atoms with Gasteiger partial charge >= 0.3 is 12.0 Å². The van der Waals surface area contributed by atoms with Crippen molar-refractivity contribution in [2.75, 3.05) is 32.7 Å². The van der Waals surface area contributed by atoms with Crippen molar-refractivity contribution >= 4 is 12.0 Å². The van der Waals surface area contributed by atoms with E-state index in [0.29, 0.717) is 39.1 Å². The summed E-state index contributed by atoms with van der Waals surface area (Å²) in [6, 6.07) is -1.17. The number of carboxylic acid groups (broad SMARTS) is 1. The highest BCUT2D eigenvalue weighted by atomic mass is 16.4. The number of hydrogen-bond donors (Lipinski definition) is 3. The Balaban J connectivity index is 2.41. The molecule has 3 N–H and O–H groups in total. The molecular formula is C13H25N3O4. The number of aliphatic carboxylic acids is 1. The second kappa shape index (κ2) is 6.90. The minimum absolute atomic E-state index is 0.331. The first-order chi connectivity index (χ1) is 9.23. The summed E-state index contributed by atoms with van der Waals surface area (Å²) in [5, 5.41) is 21.2. The summed E-state index contributed by atoms with van der Waals surface area (Å²) in [5.41, 5.74) is -0.749. The van der Waals surface area contributed by atoms with Gasteiger partial charge in [0.25, 0.3) is 0 Å². The number of β-amino-alcohol motifs (C(OH)–C–C–N with tert-alkyl or cyclic N) is 1. The Hall–Kier alpha value is -1.34. The maximum absolute atomic E-state index is 11.9. The zero-order chi connectivity index (χ0) is 15.3. The van der Waals surface area contributed by atoms with Gasteiger partial charge in [-0.3, -0.25) is 4.90 Å². The van der Waals surface area contributed by atoms with Crippen molar-refractivity contribution in [2.24, 2.45) is 0 Å². The molecule has 1 fully saturated rings. The Labute approximate surface area is 119 Å². The van der Waals surface area contributed by atoms with Gasteiger partial charge in [0.2, 0.25) is 0 Å². The number of piperazine rings is 1. The van der Waals surface area contributed by atoms with Crippen LogP contribution in [0.4, 0.5) is 4.79 Å². The molecule has 20 heavy (non-hydrogen) atoms. The molecule has 7 nitrogen and oxygen atoms in total. The average molecular weight is 287 g/mol. The van der Waals surface area contributed by atoms with Gasteiger partial charge in [0.15, 0.2) is 0 Å². The number of amides is 2. The molecular weight excluding hydrogens is 262 g/mol. The van der Waals surface area contributed by atoms with Crippen LogP contribution in [0.1, 0.15) is 27.2 Å². The maximum atomic E-state index is 11.9. The van der Waals surface area contributed by atoms with E-state index in [1.54, 1.807) is 25.7 Å². The molecule has 0 radical (unpaired) electrons. The van der Waals surface area contributed by atoms with Crippen molar-refractivity contribution in [3.63, 3.8) is 0 Å². The fraction of sp³-hybridized carbons (Fsp3) is 0.846. The number of nitrogens with zero attached hydrogens (tertiary/aromatic N) is 2. The molecule has 1 unspecified atom stereocenters. The zero-order valence-electron chi connectivity index (χ0n) is 12.4. The van der Waals surface area contributed by atoms with Gasteiger partial charge in [0.05, 0.1) is 5.60 Å². The summed E-state index contributed by atoms with van der Waals surface area (Å²) in [4.78, 5) is 26.5. The van der Waals surface area contributed by atoms with Gasteiger partial charge in [-0.05, 0) is 20.3 Å². The highest BCUT2D eigenvalue weighted by Crippen LogP contribution is 2.09. The van der Waals surface area contributed by atoms with E-state index < -0.39 is 17.6 Å². The molecule has 1 heterocycles. The monoisotopic (exact) mass is 287 g/mol. The van der Waals surface area contributed by atoms with Crippen molar-refractivity contribution < 1.29 is 19.8 Å². The Morgan fingerprint density at radius 2 is 1.80 bits per heavy atom. The Bertz CT molecular complexity index is 346.